The van der Waals surface area contributed by atoms with E-state index in [9.17, 15) is 14.7 Å². The predicted octanol–water partition coefficient (Wildman–Crippen LogP) is 6.25. The van der Waals surface area contributed by atoms with Crippen LogP contribution in [0.2, 0.25) is 0 Å². The quantitative estimate of drug-likeness (QED) is 0.324. The lowest BCUT2D eigenvalue weighted by molar-refractivity contribution is -0.148. The van der Waals surface area contributed by atoms with Gasteiger partial charge in [-0.3, -0.25) is 4.79 Å². The summed E-state index contributed by atoms with van der Waals surface area (Å²) in [5.41, 5.74) is 4.58. The van der Waals surface area contributed by atoms with E-state index in [2.05, 4.69) is 23.1 Å². The highest BCUT2D eigenvalue weighted by atomic mass is 16.6. The number of para-hydroxylation sites is 1. The van der Waals surface area contributed by atoms with E-state index in [1.54, 1.807) is 18.9 Å². The molecule has 2 aliphatic rings. The molecule has 44 heavy (non-hydrogen) atoms. The fourth-order valence-corrected chi connectivity index (χ4v) is 6.09. The molecule has 2 aliphatic heterocycles. The van der Waals surface area contributed by atoms with Crippen LogP contribution in [0.25, 0.3) is 11.3 Å². The minimum atomic E-state index is -0.922. The number of hydrogen-bond acceptors (Lipinski definition) is 7. The van der Waals surface area contributed by atoms with Crippen molar-refractivity contribution in [3.8, 4) is 17.0 Å². The summed E-state index contributed by atoms with van der Waals surface area (Å²) in [6, 6.07) is 17.8. The number of carbonyl (C=O) groups is 2. The molecule has 2 atom stereocenters. The van der Waals surface area contributed by atoms with Gasteiger partial charge in [0, 0.05) is 32.3 Å². The van der Waals surface area contributed by atoms with Crippen LogP contribution in [0.1, 0.15) is 56.4 Å². The lowest BCUT2D eigenvalue weighted by Crippen LogP contribution is -2.46. The second kappa shape index (κ2) is 12.5. The molecule has 0 radical (unpaired) electrons. The van der Waals surface area contributed by atoms with Gasteiger partial charge in [0.1, 0.15) is 23.8 Å². The lowest BCUT2D eigenvalue weighted by Gasteiger charge is -2.32. The van der Waals surface area contributed by atoms with Crippen molar-refractivity contribution in [2.75, 3.05) is 31.7 Å². The molecule has 9 nitrogen and oxygen atoms in total. The first kappa shape index (κ1) is 31.3. The minimum absolute atomic E-state index is 0.282. The van der Waals surface area contributed by atoms with Gasteiger partial charge in [0.15, 0.2) is 0 Å². The van der Waals surface area contributed by atoms with Crippen LogP contribution in [0.5, 0.6) is 5.75 Å². The lowest BCUT2D eigenvalue weighted by atomic mass is 9.83. The molecule has 1 N–H and O–H groups in total. The van der Waals surface area contributed by atoms with Crippen molar-refractivity contribution in [3.63, 3.8) is 0 Å². The number of carboxylic acids is 1. The van der Waals surface area contributed by atoms with Gasteiger partial charge in [-0.05, 0) is 87.9 Å². The molecular weight excluding hydrogens is 558 g/mol. The highest BCUT2D eigenvalue weighted by Crippen LogP contribution is 2.40. The van der Waals surface area contributed by atoms with Crippen molar-refractivity contribution in [1.82, 2.24) is 9.88 Å². The average Bonchev–Trinajstić information content (AvgIpc) is 3.32. The van der Waals surface area contributed by atoms with Crippen molar-refractivity contribution >= 4 is 17.9 Å². The summed E-state index contributed by atoms with van der Waals surface area (Å²) in [5.74, 6) is 0.656. The molecule has 0 aliphatic carbocycles. The highest BCUT2D eigenvalue weighted by molar-refractivity contribution is 5.77. The number of pyridine rings is 1. The number of nitrogens with zero attached hydrogens (tertiary/aromatic N) is 3. The van der Waals surface area contributed by atoms with Crippen LogP contribution in [0, 0.1) is 12.3 Å². The van der Waals surface area contributed by atoms with Gasteiger partial charge in [-0.25, -0.2) is 9.78 Å². The number of aryl methyl sites for hydroxylation is 1. The number of carbonyl (C=O) groups excluding carboxylic acids is 1. The Morgan fingerprint density at radius 1 is 1.07 bits per heavy atom. The van der Waals surface area contributed by atoms with Gasteiger partial charge in [-0.2, -0.15) is 0 Å². The van der Waals surface area contributed by atoms with E-state index in [0.717, 1.165) is 45.9 Å². The topological polar surface area (TPSA) is 101 Å². The maximum absolute atomic E-state index is 12.6. The summed E-state index contributed by atoms with van der Waals surface area (Å²) >= 11 is 0. The average molecular weight is 602 g/mol. The largest absolute Gasteiger partial charge is 0.488 e. The Labute approximate surface area is 259 Å². The third-order valence-corrected chi connectivity index (χ3v) is 8.63. The summed E-state index contributed by atoms with van der Waals surface area (Å²) in [6.45, 7) is 11.9. The van der Waals surface area contributed by atoms with Gasteiger partial charge < -0.3 is 29.1 Å². The van der Waals surface area contributed by atoms with Crippen LogP contribution in [-0.4, -0.2) is 65.5 Å². The first-order valence-corrected chi connectivity index (χ1v) is 15.2. The molecule has 1 aromatic heterocycles. The Hall–Kier alpha value is -4.11. The maximum Gasteiger partial charge on any atom is 0.410 e. The molecule has 1 amide bonds. The first-order valence-electron chi connectivity index (χ1n) is 15.2. The monoisotopic (exact) mass is 601 g/mol. The SMILES string of the molecule is COC[C@H]1N(c2cccc(-c3cccc(C)c3OCc3ccc4c(c3)CCN(C(=O)OC(C)(C)C)C4)n2)CC[C@@]1(C)C(=O)O. The van der Waals surface area contributed by atoms with Gasteiger partial charge in [0.25, 0.3) is 0 Å². The summed E-state index contributed by atoms with van der Waals surface area (Å²) in [5, 5.41) is 9.98. The van der Waals surface area contributed by atoms with Crippen molar-refractivity contribution in [1.29, 1.82) is 0 Å². The fourth-order valence-electron chi connectivity index (χ4n) is 6.09. The fraction of sp³-hybridized carbons (Fsp3) is 0.457. The Balaban J connectivity index is 1.33. The van der Waals surface area contributed by atoms with Gasteiger partial charge in [-0.15, -0.1) is 0 Å². The number of fused-ring (bicyclic) bond motifs is 1. The van der Waals surface area contributed by atoms with Crippen molar-refractivity contribution in [3.05, 3.63) is 76.9 Å². The van der Waals surface area contributed by atoms with Gasteiger partial charge in [0.2, 0.25) is 0 Å². The zero-order chi connectivity index (χ0) is 31.6. The number of rotatable bonds is 8. The minimum Gasteiger partial charge on any atom is -0.488 e. The van der Waals surface area contributed by atoms with Crippen molar-refractivity contribution < 1.29 is 28.9 Å². The third-order valence-electron chi connectivity index (χ3n) is 8.63. The number of benzene rings is 2. The summed E-state index contributed by atoms with van der Waals surface area (Å²) in [6.07, 6.45) is 0.993. The zero-order valence-corrected chi connectivity index (χ0v) is 26.6. The number of methoxy groups -OCH3 is 1. The van der Waals surface area contributed by atoms with Crippen LogP contribution in [-0.2, 0) is 33.8 Å². The number of aliphatic carboxylic acids is 1. The Kier molecular flexibility index (Phi) is 8.88. The summed E-state index contributed by atoms with van der Waals surface area (Å²) in [4.78, 5) is 33.5. The standard InChI is InChI=1S/C35H43N3O6/c1-23-9-7-10-27(28-11-8-12-30(36-28)38-18-16-35(5,32(39)40)29(38)22-42-6)31(23)43-21-24-13-14-26-20-37(17-15-25(26)19-24)33(41)44-34(2,3)4/h7-14,19,29H,15-18,20-22H2,1-6H3,(H,39,40)/t29-,35-/m1/s1. The number of carboxylic acid groups (broad SMARTS) is 1. The highest BCUT2D eigenvalue weighted by Gasteiger charge is 2.50. The van der Waals surface area contributed by atoms with Crippen molar-refractivity contribution in [2.24, 2.45) is 5.41 Å². The molecule has 234 valence electrons. The molecule has 1 fully saturated rings. The van der Waals surface area contributed by atoms with Crippen LogP contribution in [0.3, 0.4) is 0 Å². The number of aromatic nitrogens is 1. The molecule has 3 aromatic rings. The first-order chi connectivity index (χ1) is 20.9. The number of anilines is 1. The van der Waals surface area contributed by atoms with E-state index in [1.807, 2.05) is 64.1 Å². The number of hydrogen-bond donors (Lipinski definition) is 1. The smallest absolute Gasteiger partial charge is 0.410 e. The summed E-state index contributed by atoms with van der Waals surface area (Å²) < 4.78 is 17.5. The molecule has 0 bridgehead atoms. The van der Waals surface area contributed by atoms with Gasteiger partial charge >= 0.3 is 12.1 Å². The molecule has 2 aromatic carbocycles. The predicted molar refractivity (Wildman–Crippen MR) is 169 cm³/mol. The molecule has 0 saturated carbocycles. The molecule has 0 spiro atoms. The van der Waals surface area contributed by atoms with E-state index in [-0.39, 0.29) is 12.1 Å². The number of ether oxygens (including phenoxy) is 3. The van der Waals surface area contributed by atoms with Crippen LogP contribution in [0.15, 0.2) is 54.6 Å². The maximum atomic E-state index is 12.6. The molecule has 1 saturated heterocycles. The normalized spacial score (nSPS) is 19.9. The second-order valence-electron chi connectivity index (χ2n) is 13.0. The van der Waals surface area contributed by atoms with E-state index in [0.29, 0.717) is 39.3 Å². The Morgan fingerprint density at radius 2 is 1.84 bits per heavy atom. The third kappa shape index (κ3) is 6.53. The van der Waals surface area contributed by atoms with Crippen LogP contribution in [0.4, 0.5) is 10.6 Å². The second-order valence-corrected chi connectivity index (χ2v) is 13.0. The van der Waals surface area contributed by atoms with E-state index in [1.165, 1.54) is 5.56 Å². The van der Waals surface area contributed by atoms with Gasteiger partial charge in [0.05, 0.1) is 23.8 Å². The molecular formula is C35H43N3O6. The zero-order valence-electron chi connectivity index (χ0n) is 26.6. The van der Waals surface area contributed by atoms with E-state index >= 15 is 0 Å². The van der Waals surface area contributed by atoms with Crippen LogP contribution >= 0.6 is 0 Å². The van der Waals surface area contributed by atoms with Crippen molar-refractivity contribution in [2.45, 2.75) is 72.3 Å². The molecule has 5 rings (SSSR count). The van der Waals surface area contributed by atoms with E-state index < -0.39 is 17.0 Å². The Bertz CT molecular complexity index is 1530. The molecule has 3 heterocycles. The van der Waals surface area contributed by atoms with Crippen LogP contribution < -0.4 is 9.64 Å². The molecule has 9 heteroatoms. The van der Waals surface area contributed by atoms with E-state index in [4.69, 9.17) is 19.2 Å². The molecule has 0 unspecified atom stereocenters. The van der Waals surface area contributed by atoms with Gasteiger partial charge in [-0.1, -0.05) is 36.4 Å². The Morgan fingerprint density at radius 3 is 2.57 bits per heavy atom. The number of amides is 1. The summed E-state index contributed by atoms with van der Waals surface area (Å²) in [7, 11) is 1.60.